The van der Waals surface area contributed by atoms with Gasteiger partial charge in [-0.05, 0) is 30.7 Å². The van der Waals surface area contributed by atoms with Crippen LogP contribution < -0.4 is 10.6 Å². The average Bonchev–Trinajstić information content (AvgIpc) is 2.78. The van der Waals surface area contributed by atoms with E-state index in [4.69, 9.17) is 4.84 Å². The van der Waals surface area contributed by atoms with Gasteiger partial charge >= 0.3 is 0 Å². The number of hydrogen-bond donors (Lipinski definition) is 2. The molecule has 31 heavy (non-hydrogen) atoms. The fourth-order valence-electron chi connectivity index (χ4n) is 2.85. The molecule has 0 aromatic heterocycles. The molecule has 0 aliphatic carbocycles. The van der Waals surface area contributed by atoms with E-state index in [0.29, 0.717) is 11.3 Å². The number of carbonyl (C=O) groups excluding carboxylic acids is 2. The number of rotatable bonds is 8. The summed E-state index contributed by atoms with van der Waals surface area (Å²) in [5.74, 6) is -1.25. The van der Waals surface area contributed by atoms with Gasteiger partial charge in [-0.25, -0.2) is 4.39 Å². The lowest BCUT2D eigenvalue weighted by Gasteiger charge is -2.16. The van der Waals surface area contributed by atoms with Crippen molar-refractivity contribution >= 4 is 23.7 Å². The number of benzene rings is 3. The van der Waals surface area contributed by atoms with E-state index < -0.39 is 11.7 Å². The minimum Gasteiger partial charge on any atom is -0.386 e. The Hall–Kier alpha value is -4.00. The molecule has 2 amide bonds. The van der Waals surface area contributed by atoms with Crippen LogP contribution in [-0.4, -0.2) is 24.6 Å². The second-order valence-corrected chi connectivity index (χ2v) is 6.73. The van der Waals surface area contributed by atoms with Gasteiger partial charge in [-0.1, -0.05) is 65.8 Å². The first-order chi connectivity index (χ1) is 15.0. The zero-order valence-corrected chi connectivity index (χ0v) is 16.9. The van der Waals surface area contributed by atoms with Crippen LogP contribution in [0.4, 0.5) is 10.1 Å². The van der Waals surface area contributed by atoms with Gasteiger partial charge in [0.25, 0.3) is 11.8 Å². The number of amides is 2. The summed E-state index contributed by atoms with van der Waals surface area (Å²) in [7, 11) is 0. The molecule has 0 heterocycles. The highest BCUT2D eigenvalue weighted by atomic mass is 19.1. The number of anilines is 1. The second kappa shape index (κ2) is 10.7. The Labute approximate surface area is 179 Å². The number of nitrogens with zero attached hydrogens (tertiary/aromatic N) is 1. The van der Waals surface area contributed by atoms with Gasteiger partial charge in [0.1, 0.15) is 5.82 Å². The van der Waals surface area contributed by atoms with E-state index in [1.807, 2.05) is 37.3 Å². The minimum atomic E-state index is -0.498. The Kier molecular flexibility index (Phi) is 7.48. The Morgan fingerprint density at radius 3 is 2.45 bits per heavy atom. The molecule has 0 saturated carbocycles. The molecule has 0 unspecified atom stereocenters. The normalized spacial score (nSPS) is 11.7. The zero-order valence-electron chi connectivity index (χ0n) is 16.9. The van der Waals surface area contributed by atoms with Crippen molar-refractivity contribution < 1.29 is 18.8 Å². The quantitative estimate of drug-likeness (QED) is 0.422. The molecule has 3 aromatic rings. The van der Waals surface area contributed by atoms with E-state index in [1.165, 1.54) is 18.3 Å². The summed E-state index contributed by atoms with van der Waals surface area (Å²) in [5, 5.41) is 9.17. The zero-order chi connectivity index (χ0) is 22.1. The van der Waals surface area contributed by atoms with E-state index in [1.54, 1.807) is 36.4 Å². The van der Waals surface area contributed by atoms with Gasteiger partial charge in [0.15, 0.2) is 6.61 Å². The fourth-order valence-corrected chi connectivity index (χ4v) is 2.85. The summed E-state index contributed by atoms with van der Waals surface area (Å²) in [6, 6.07) is 22.1. The van der Waals surface area contributed by atoms with Crippen molar-refractivity contribution in [2.24, 2.45) is 5.16 Å². The average molecular weight is 419 g/mol. The van der Waals surface area contributed by atoms with Crippen LogP contribution in [0, 0.1) is 5.82 Å². The predicted molar refractivity (Wildman–Crippen MR) is 117 cm³/mol. The lowest BCUT2D eigenvalue weighted by Crippen LogP contribution is -2.28. The van der Waals surface area contributed by atoms with Gasteiger partial charge in [0, 0.05) is 5.56 Å². The molecule has 2 N–H and O–H groups in total. The molecule has 0 radical (unpaired) electrons. The molecule has 0 bridgehead atoms. The Morgan fingerprint density at radius 2 is 1.68 bits per heavy atom. The van der Waals surface area contributed by atoms with E-state index in [0.717, 1.165) is 5.56 Å². The van der Waals surface area contributed by atoms with Crippen LogP contribution in [0.15, 0.2) is 84.0 Å². The molecule has 6 nitrogen and oxygen atoms in total. The van der Waals surface area contributed by atoms with E-state index >= 15 is 0 Å². The maximum Gasteiger partial charge on any atom is 0.265 e. The highest BCUT2D eigenvalue weighted by molar-refractivity contribution is 6.04. The Morgan fingerprint density at radius 1 is 1.00 bits per heavy atom. The predicted octanol–water partition coefficient (Wildman–Crippen LogP) is 4.31. The molecule has 7 heteroatoms. The molecule has 0 aliphatic heterocycles. The van der Waals surface area contributed by atoms with Crippen LogP contribution in [0.1, 0.15) is 34.5 Å². The SMILES string of the molecule is C[C@@H](NC(=O)c1ccccc1NC(=O)CO/N=C\c1ccccc1F)c1ccccc1. The number of oxime groups is 1. The van der Waals surface area contributed by atoms with E-state index in [2.05, 4.69) is 15.8 Å². The third-order valence-electron chi connectivity index (χ3n) is 4.46. The smallest absolute Gasteiger partial charge is 0.265 e. The second-order valence-electron chi connectivity index (χ2n) is 6.73. The first-order valence-electron chi connectivity index (χ1n) is 9.69. The van der Waals surface area contributed by atoms with Crippen molar-refractivity contribution in [3.05, 3.63) is 101 Å². The van der Waals surface area contributed by atoms with Gasteiger partial charge in [-0.2, -0.15) is 0 Å². The molecule has 3 aromatic carbocycles. The maximum absolute atomic E-state index is 13.5. The van der Waals surface area contributed by atoms with Crippen LogP contribution in [0.2, 0.25) is 0 Å². The molecule has 158 valence electrons. The topological polar surface area (TPSA) is 79.8 Å². The summed E-state index contributed by atoms with van der Waals surface area (Å²) < 4.78 is 13.5. The molecule has 1 atom stereocenters. The van der Waals surface area contributed by atoms with Crippen molar-refractivity contribution in [1.29, 1.82) is 0 Å². The van der Waals surface area contributed by atoms with Crippen LogP contribution >= 0.6 is 0 Å². The van der Waals surface area contributed by atoms with Crippen LogP contribution in [0.3, 0.4) is 0 Å². The standard InChI is InChI=1S/C24H22FN3O3/c1-17(18-9-3-2-4-10-18)27-24(30)20-12-6-8-14-22(20)28-23(29)16-31-26-15-19-11-5-7-13-21(19)25/h2-15,17H,16H2,1H3,(H,27,30)(H,28,29)/b26-15-/t17-/m1/s1. The maximum atomic E-state index is 13.5. The van der Waals surface area contributed by atoms with Crippen molar-refractivity contribution in [3.63, 3.8) is 0 Å². The van der Waals surface area contributed by atoms with Crippen molar-refractivity contribution in [1.82, 2.24) is 5.32 Å². The molecule has 0 spiro atoms. The van der Waals surface area contributed by atoms with Gasteiger partial charge in [-0.3, -0.25) is 9.59 Å². The largest absolute Gasteiger partial charge is 0.386 e. The Balaban J connectivity index is 1.57. The van der Waals surface area contributed by atoms with E-state index in [9.17, 15) is 14.0 Å². The number of para-hydroxylation sites is 1. The first kappa shape index (κ1) is 21.7. The summed E-state index contributed by atoms with van der Waals surface area (Å²) in [5.41, 5.74) is 1.90. The lowest BCUT2D eigenvalue weighted by atomic mass is 10.1. The van der Waals surface area contributed by atoms with Crippen molar-refractivity contribution in [2.45, 2.75) is 13.0 Å². The lowest BCUT2D eigenvalue weighted by molar-refractivity contribution is -0.120. The third kappa shape index (κ3) is 6.24. The number of nitrogens with one attached hydrogen (secondary N) is 2. The monoisotopic (exact) mass is 419 g/mol. The fraction of sp³-hybridized carbons (Fsp3) is 0.125. The minimum absolute atomic E-state index is 0.200. The van der Waals surface area contributed by atoms with Gasteiger partial charge in [-0.15, -0.1) is 0 Å². The van der Waals surface area contributed by atoms with Crippen LogP contribution in [0.25, 0.3) is 0 Å². The van der Waals surface area contributed by atoms with Gasteiger partial charge < -0.3 is 15.5 Å². The number of carbonyl (C=O) groups is 2. The highest BCUT2D eigenvalue weighted by Crippen LogP contribution is 2.18. The summed E-state index contributed by atoms with van der Waals surface area (Å²) >= 11 is 0. The first-order valence-corrected chi connectivity index (χ1v) is 9.69. The van der Waals surface area contributed by atoms with Gasteiger partial charge in [0.05, 0.1) is 23.5 Å². The molecule has 0 saturated heterocycles. The van der Waals surface area contributed by atoms with E-state index in [-0.39, 0.29) is 24.1 Å². The van der Waals surface area contributed by atoms with Gasteiger partial charge in [0.2, 0.25) is 0 Å². The Bertz CT molecular complexity index is 1070. The van der Waals surface area contributed by atoms with Crippen molar-refractivity contribution in [2.75, 3.05) is 11.9 Å². The summed E-state index contributed by atoms with van der Waals surface area (Å²) in [4.78, 5) is 29.9. The molecule has 0 fully saturated rings. The molecular weight excluding hydrogens is 397 g/mol. The molecule has 3 rings (SSSR count). The molecular formula is C24H22FN3O3. The third-order valence-corrected chi connectivity index (χ3v) is 4.46. The van der Waals surface area contributed by atoms with Crippen LogP contribution in [0.5, 0.6) is 0 Å². The number of hydrogen-bond acceptors (Lipinski definition) is 4. The van der Waals surface area contributed by atoms with Crippen molar-refractivity contribution in [3.8, 4) is 0 Å². The number of halogens is 1. The summed E-state index contributed by atoms with van der Waals surface area (Å²) in [6.07, 6.45) is 1.19. The molecule has 0 aliphatic rings. The van der Waals surface area contributed by atoms with Crippen LogP contribution in [-0.2, 0) is 9.63 Å². The highest BCUT2D eigenvalue weighted by Gasteiger charge is 2.16. The summed E-state index contributed by atoms with van der Waals surface area (Å²) in [6.45, 7) is 1.50.